The number of ether oxygens (including phenoxy) is 2. The van der Waals surface area contributed by atoms with Gasteiger partial charge >= 0.3 is 5.97 Å². The first kappa shape index (κ1) is 14.9. The number of para-hydroxylation sites is 1. The largest absolute Gasteiger partial charge is 0.496 e. The molecule has 0 aromatic heterocycles. The normalized spacial score (nSPS) is 11.5. The number of esters is 1. The SMILES string of the molecule is CCOC(=O)[C@@H](C(C)=O)C(=O)c1ccccc1OC. The van der Waals surface area contributed by atoms with Gasteiger partial charge in [-0.15, -0.1) is 0 Å². The molecule has 19 heavy (non-hydrogen) atoms. The molecule has 0 aliphatic heterocycles. The second kappa shape index (κ2) is 6.68. The predicted octanol–water partition coefficient (Wildman–Crippen LogP) is 1.65. The summed E-state index contributed by atoms with van der Waals surface area (Å²) in [4.78, 5) is 35.5. The molecule has 0 spiro atoms. The van der Waals surface area contributed by atoms with E-state index in [9.17, 15) is 14.4 Å². The third-order valence-corrected chi connectivity index (χ3v) is 2.56. The van der Waals surface area contributed by atoms with Gasteiger partial charge in [0.25, 0.3) is 0 Å². The van der Waals surface area contributed by atoms with Gasteiger partial charge in [-0.1, -0.05) is 12.1 Å². The van der Waals surface area contributed by atoms with Crippen LogP contribution in [0.2, 0.25) is 0 Å². The van der Waals surface area contributed by atoms with Gasteiger partial charge in [-0.25, -0.2) is 0 Å². The Labute approximate surface area is 111 Å². The number of ketones is 2. The number of hydrogen-bond acceptors (Lipinski definition) is 5. The number of carbonyl (C=O) groups excluding carboxylic acids is 3. The van der Waals surface area contributed by atoms with Crippen molar-refractivity contribution in [3.63, 3.8) is 0 Å². The Hall–Kier alpha value is -2.17. The quantitative estimate of drug-likeness (QED) is 0.444. The molecule has 0 fully saturated rings. The molecule has 1 aromatic rings. The zero-order valence-electron chi connectivity index (χ0n) is 11.1. The van der Waals surface area contributed by atoms with Crippen molar-refractivity contribution >= 4 is 17.5 Å². The summed E-state index contributed by atoms with van der Waals surface area (Å²) in [6, 6.07) is 6.44. The average Bonchev–Trinajstić information content (AvgIpc) is 2.38. The summed E-state index contributed by atoms with van der Waals surface area (Å²) in [5.41, 5.74) is 0.193. The van der Waals surface area contributed by atoms with Gasteiger partial charge in [0.1, 0.15) is 5.75 Å². The third-order valence-electron chi connectivity index (χ3n) is 2.56. The van der Waals surface area contributed by atoms with Crippen molar-refractivity contribution < 1.29 is 23.9 Å². The average molecular weight is 264 g/mol. The molecular weight excluding hydrogens is 248 g/mol. The molecule has 0 heterocycles. The number of Topliss-reactive ketones (excluding diaryl/α,β-unsaturated/α-hetero) is 2. The zero-order chi connectivity index (χ0) is 14.4. The molecule has 0 bridgehead atoms. The first-order valence-electron chi connectivity index (χ1n) is 5.87. The fourth-order valence-electron chi connectivity index (χ4n) is 1.69. The predicted molar refractivity (Wildman–Crippen MR) is 68.1 cm³/mol. The first-order valence-corrected chi connectivity index (χ1v) is 5.87. The van der Waals surface area contributed by atoms with E-state index in [1.807, 2.05) is 0 Å². The Morgan fingerprint density at radius 3 is 2.37 bits per heavy atom. The minimum absolute atomic E-state index is 0.113. The minimum Gasteiger partial charge on any atom is -0.496 e. The molecule has 1 aromatic carbocycles. The van der Waals surface area contributed by atoms with Crippen molar-refractivity contribution in [1.29, 1.82) is 0 Å². The van der Waals surface area contributed by atoms with Crippen molar-refractivity contribution in [2.45, 2.75) is 13.8 Å². The molecule has 0 amide bonds. The summed E-state index contributed by atoms with van der Waals surface area (Å²) in [6.45, 7) is 2.92. The fraction of sp³-hybridized carbons (Fsp3) is 0.357. The Bertz CT molecular complexity index is 492. The topological polar surface area (TPSA) is 69.7 Å². The van der Waals surface area contributed by atoms with Crippen molar-refractivity contribution in [2.75, 3.05) is 13.7 Å². The van der Waals surface area contributed by atoms with Crippen LogP contribution in [0.4, 0.5) is 0 Å². The second-order valence-corrected chi connectivity index (χ2v) is 3.86. The van der Waals surface area contributed by atoms with Gasteiger partial charge in [0.2, 0.25) is 0 Å². The Morgan fingerprint density at radius 2 is 1.84 bits per heavy atom. The molecule has 5 nitrogen and oxygen atoms in total. The van der Waals surface area contributed by atoms with Gasteiger partial charge in [-0.05, 0) is 26.0 Å². The van der Waals surface area contributed by atoms with Gasteiger partial charge in [-0.2, -0.15) is 0 Å². The van der Waals surface area contributed by atoms with E-state index in [1.165, 1.54) is 20.1 Å². The monoisotopic (exact) mass is 264 g/mol. The lowest BCUT2D eigenvalue weighted by atomic mass is 9.94. The maximum absolute atomic E-state index is 12.3. The molecule has 1 atom stereocenters. The summed E-state index contributed by atoms with van der Waals surface area (Å²) in [6.07, 6.45) is 0. The van der Waals surface area contributed by atoms with Crippen LogP contribution >= 0.6 is 0 Å². The summed E-state index contributed by atoms with van der Waals surface area (Å²) in [5.74, 6) is -3.09. The lowest BCUT2D eigenvalue weighted by Crippen LogP contribution is -2.32. The van der Waals surface area contributed by atoms with Crippen LogP contribution in [0.15, 0.2) is 24.3 Å². The molecule has 0 saturated carbocycles. The van der Waals surface area contributed by atoms with E-state index in [0.29, 0.717) is 5.75 Å². The van der Waals surface area contributed by atoms with Gasteiger partial charge < -0.3 is 9.47 Å². The maximum atomic E-state index is 12.3. The maximum Gasteiger partial charge on any atom is 0.324 e. The van der Waals surface area contributed by atoms with E-state index < -0.39 is 23.5 Å². The molecule has 0 aliphatic carbocycles. The van der Waals surface area contributed by atoms with Crippen LogP contribution in [0.3, 0.4) is 0 Å². The molecule has 0 N–H and O–H groups in total. The minimum atomic E-state index is -1.43. The Morgan fingerprint density at radius 1 is 1.21 bits per heavy atom. The van der Waals surface area contributed by atoms with Crippen molar-refractivity contribution in [3.8, 4) is 5.75 Å². The van der Waals surface area contributed by atoms with Crippen molar-refractivity contribution in [1.82, 2.24) is 0 Å². The number of carbonyl (C=O) groups is 3. The van der Waals surface area contributed by atoms with Gasteiger partial charge in [0, 0.05) is 0 Å². The number of rotatable bonds is 6. The van der Waals surface area contributed by atoms with E-state index in [-0.39, 0.29) is 12.2 Å². The highest BCUT2D eigenvalue weighted by molar-refractivity contribution is 6.22. The summed E-state index contributed by atoms with van der Waals surface area (Å²) in [5, 5.41) is 0. The highest BCUT2D eigenvalue weighted by Gasteiger charge is 2.34. The molecule has 0 saturated heterocycles. The van der Waals surface area contributed by atoms with Crippen LogP contribution in [0.25, 0.3) is 0 Å². The molecule has 0 unspecified atom stereocenters. The number of benzene rings is 1. The molecule has 5 heteroatoms. The van der Waals surface area contributed by atoms with Crippen LogP contribution in [-0.4, -0.2) is 31.3 Å². The lowest BCUT2D eigenvalue weighted by Gasteiger charge is -2.13. The third kappa shape index (κ3) is 3.40. The molecule has 102 valence electrons. The van der Waals surface area contributed by atoms with Crippen LogP contribution in [-0.2, 0) is 14.3 Å². The first-order chi connectivity index (χ1) is 9.02. The number of hydrogen-bond donors (Lipinski definition) is 0. The highest BCUT2D eigenvalue weighted by atomic mass is 16.5. The number of methoxy groups -OCH3 is 1. The summed E-state index contributed by atoms with van der Waals surface area (Å²) in [7, 11) is 1.42. The highest BCUT2D eigenvalue weighted by Crippen LogP contribution is 2.22. The smallest absolute Gasteiger partial charge is 0.324 e. The van der Waals surface area contributed by atoms with Crippen LogP contribution in [0, 0.1) is 5.92 Å². The van der Waals surface area contributed by atoms with E-state index in [1.54, 1.807) is 25.1 Å². The van der Waals surface area contributed by atoms with Crippen LogP contribution in [0.5, 0.6) is 5.75 Å². The van der Waals surface area contributed by atoms with E-state index in [0.717, 1.165) is 0 Å². The van der Waals surface area contributed by atoms with E-state index in [2.05, 4.69) is 0 Å². The van der Waals surface area contributed by atoms with E-state index in [4.69, 9.17) is 9.47 Å². The van der Waals surface area contributed by atoms with Crippen LogP contribution < -0.4 is 4.74 Å². The fourth-order valence-corrected chi connectivity index (χ4v) is 1.69. The summed E-state index contributed by atoms with van der Waals surface area (Å²) < 4.78 is 9.81. The molecule has 0 radical (unpaired) electrons. The Kier molecular flexibility index (Phi) is 5.23. The van der Waals surface area contributed by atoms with E-state index >= 15 is 0 Å². The standard InChI is InChI=1S/C14H16O5/c1-4-19-14(17)12(9(2)15)13(16)10-7-5-6-8-11(10)18-3/h5-8,12H,4H2,1-3H3/t12-/m0/s1. The molecular formula is C14H16O5. The molecule has 0 aliphatic rings. The Balaban J connectivity index is 3.13. The molecule has 1 rings (SSSR count). The summed E-state index contributed by atoms with van der Waals surface area (Å²) >= 11 is 0. The van der Waals surface area contributed by atoms with Crippen LogP contribution in [0.1, 0.15) is 24.2 Å². The zero-order valence-corrected chi connectivity index (χ0v) is 11.1. The second-order valence-electron chi connectivity index (χ2n) is 3.86. The lowest BCUT2D eigenvalue weighted by molar-refractivity contribution is -0.148. The van der Waals surface area contributed by atoms with Gasteiger partial charge in [-0.3, -0.25) is 14.4 Å². The van der Waals surface area contributed by atoms with Gasteiger partial charge in [0.15, 0.2) is 17.5 Å². The van der Waals surface area contributed by atoms with Gasteiger partial charge in [0.05, 0.1) is 19.3 Å². The van der Waals surface area contributed by atoms with Crippen molar-refractivity contribution in [3.05, 3.63) is 29.8 Å². The van der Waals surface area contributed by atoms with Crippen molar-refractivity contribution in [2.24, 2.45) is 5.92 Å².